The summed E-state index contributed by atoms with van der Waals surface area (Å²) in [5, 5.41) is 8.85. The second-order valence-electron chi connectivity index (χ2n) is 5.19. The normalized spacial score (nSPS) is 20.4. The van der Waals surface area contributed by atoms with Crippen LogP contribution >= 0.6 is 0 Å². The monoisotopic (exact) mass is 319 g/mol. The summed E-state index contributed by atoms with van der Waals surface area (Å²) >= 11 is 0. The van der Waals surface area contributed by atoms with Gasteiger partial charge in [-0.1, -0.05) is 6.92 Å². The highest BCUT2D eigenvalue weighted by molar-refractivity contribution is 7.89. The Balaban J connectivity index is 2.51. The molecule has 8 heteroatoms. The summed E-state index contributed by atoms with van der Waals surface area (Å²) in [6.45, 7) is 2.29. The smallest absolute Gasteiger partial charge is 0.335 e. The van der Waals surface area contributed by atoms with Gasteiger partial charge in [0.1, 0.15) is 4.90 Å². The number of benzene rings is 1. The molecule has 1 aromatic rings. The maximum Gasteiger partial charge on any atom is 0.335 e. The van der Waals surface area contributed by atoms with E-state index in [1.807, 2.05) is 6.92 Å². The zero-order chi connectivity index (χ0) is 15.8. The molecule has 1 unspecified atom stereocenters. The Morgan fingerprint density at radius 3 is 2.62 bits per heavy atom. The Morgan fingerprint density at radius 1 is 1.38 bits per heavy atom. The van der Waals surface area contributed by atoms with Gasteiger partial charge in [-0.3, -0.25) is 0 Å². The van der Waals surface area contributed by atoms with E-state index >= 15 is 0 Å². The van der Waals surface area contributed by atoms with Crippen molar-refractivity contribution in [3.8, 4) is 0 Å². The summed E-state index contributed by atoms with van der Waals surface area (Å²) in [5.41, 5.74) is -0.600. The molecule has 0 aliphatic carbocycles. The van der Waals surface area contributed by atoms with Crippen LogP contribution in [0.25, 0.3) is 0 Å². The van der Waals surface area contributed by atoms with Gasteiger partial charge in [0.15, 0.2) is 11.6 Å². The van der Waals surface area contributed by atoms with Gasteiger partial charge in [-0.25, -0.2) is 22.0 Å². The molecule has 1 saturated heterocycles. The molecule has 1 heterocycles. The van der Waals surface area contributed by atoms with E-state index in [1.54, 1.807) is 0 Å². The Hall–Kier alpha value is -1.54. The molecule has 2 rings (SSSR count). The molecular weight excluding hydrogens is 304 g/mol. The van der Waals surface area contributed by atoms with Crippen LogP contribution in [-0.4, -0.2) is 36.9 Å². The highest BCUT2D eigenvalue weighted by atomic mass is 32.2. The zero-order valence-electron chi connectivity index (χ0n) is 11.3. The molecule has 116 valence electrons. The minimum atomic E-state index is -4.25. The summed E-state index contributed by atoms with van der Waals surface area (Å²) in [5.74, 6) is -4.43. The van der Waals surface area contributed by atoms with Gasteiger partial charge in [-0.15, -0.1) is 0 Å². The fraction of sp³-hybridized carbons (Fsp3) is 0.462. The van der Waals surface area contributed by atoms with Crippen LogP contribution in [0.15, 0.2) is 17.0 Å². The largest absolute Gasteiger partial charge is 0.478 e. The molecule has 1 aliphatic heterocycles. The van der Waals surface area contributed by atoms with Crippen LogP contribution in [-0.2, 0) is 10.0 Å². The van der Waals surface area contributed by atoms with Gasteiger partial charge in [0.2, 0.25) is 10.0 Å². The number of hydrogen-bond donors (Lipinski definition) is 1. The molecule has 1 fully saturated rings. The van der Waals surface area contributed by atoms with E-state index < -0.39 is 38.1 Å². The Labute approximate surface area is 121 Å². The zero-order valence-corrected chi connectivity index (χ0v) is 12.2. The molecule has 0 bridgehead atoms. The van der Waals surface area contributed by atoms with Crippen molar-refractivity contribution in [1.29, 1.82) is 0 Å². The number of halogens is 2. The molecule has 5 nitrogen and oxygen atoms in total. The summed E-state index contributed by atoms with van der Waals surface area (Å²) in [6, 6.07) is 1.13. The molecule has 21 heavy (non-hydrogen) atoms. The lowest BCUT2D eigenvalue weighted by Gasteiger charge is -2.30. The minimum Gasteiger partial charge on any atom is -0.478 e. The summed E-state index contributed by atoms with van der Waals surface area (Å²) < 4.78 is 53.2. The summed E-state index contributed by atoms with van der Waals surface area (Å²) in [4.78, 5) is 9.95. The number of carboxylic acids is 1. The van der Waals surface area contributed by atoms with Crippen molar-refractivity contribution >= 4 is 16.0 Å². The van der Waals surface area contributed by atoms with Gasteiger partial charge in [0, 0.05) is 13.1 Å². The van der Waals surface area contributed by atoms with E-state index in [0.29, 0.717) is 18.6 Å². The summed E-state index contributed by atoms with van der Waals surface area (Å²) in [6.07, 6.45) is 1.49. The third kappa shape index (κ3) is 3.06. The SMILES string of the molecule is CC1CCCN(S(=O)(=O)c2cc(C(=O)O)cc(F)c2F)C1. The number of sulfonamides is 1. The van der Waals surface area contributed by atoms with Crippen LogP contribution in [0.3, 0.4) is 0 Å². The lowest BCUT2D eigenvalue weighted by atomic mass is 10.0. The predicted molar refractivity (Wildman–Crippen MR) is 70.5 cm³/mol. The molecule has 0 saturated carbocycles. The number of aromatic carboxylic acids is 1. The van der Waals surface area contributed by atoms with Gasteiger partial charge in [-0.2, -0.15) is 4.31 Å². The Bertz CT molecular complexity index is 675. The van der Waals surface area contributed by atoms with Crippen molar-refractivity contribution in [3.05, 3.63) is 29.3 Å². The second-order valence-corrected chi connectivity index (χ2v) is 7.09. The number of rotatable bonds is 3. The highest BCUT2D eigenvalue weighted by Gasteiger charge is 2.32. The Morgan fingerprint density at radius 2 is 2.05 bits per heavy atom. The van der Waals surface area contributed by atoms with Crippen molar-refractivity contribution in [1.82, 2.24) is 4.31 Å². The topological polar surface area (TPSA) is 74.7 Å². The second kappa shape index (κ2) is 5.69. The molecular formula is C13H15F2NO4S. The number of hydrogen-bond acceptors (Lipinski definition) is 3. The van der Waals surface area contributed by atoms with Crippen LogP contribution in [0, 0.1) is 17.6 Å². The van der Waals surface area contributed by atoms with Crippen molar-refractivity contribution in [3.63, 3.8) is 0 Å². The van der Waals surface area contributed by atoms with E-state index in [0.717, 1.165) is 10.7 Å². The lowest BCUT2D eigenvalue weighted by molar-refractivity contribution is 0.0696. The van der Waals surface area contributed by atoms with Crippen molar-refractivity contribution in [2.24, 2.45) is 5.92 Å². The average molecular weight is 319 g/mol. The molecule has 0 radical (unpaired) electrons. The summed E-state index contributed by atoms with van der Waals surface area (Å²) in [7, 11) is -4.25. The third-order valence-electron chi connectivity index (χ3n) is 3.48. The van der Waals surface area contributed by atoms with E-state index in [2.05, 4.69) is 0 Å². The van der Waals surface area contributed by atoms with Gasteiger partial charge >= 0.3 is 5.97 Å². The molecule has 1 atom stereocenters. The first-order valence-electron chi connectivity index (χ1n) is 6.46. The molecule has 1 aliphatic rings. The lowest BCUT2D eigenvalue weighted by Crippen LogP contribution is -2.39. The first-order valence-corrected chi connectivity index (χ1v) is 7.90. The van der Waals surface area contributed by atoms with Crippen LogP contribution in [0.2, 0.25) is 0 Å². The molecule has 0 amide bonds. The minimum absolute atomic E-state index is 0.115. The number of piperidine rings is 1. The maximum atomic E-state index is 13.8. The van der Waals surface area contributed by atoms with Crippen molar-refractivity contribution in [2.75, 3.05) is 13.1 Å². The van der Waals surface area contributed by atoms with Crippen LogP contribution in [0.1, 0.15) is 30.1 Å². The highest BCUT2D eigenvalue weighted by Crippen LogP contribution is 2.27. The van der Waals surface area contributed by atoms with E-state index in [4.69, 9.17) is 5.11 Å². The van der Waals surface area contributed by atoms with Gasteiger partial charge in [0.25, 0.3) is 0 Å². The molecule has 1 N–H and O–H groups in total. The average Bonchev–Trinajstić information content (AvgIpc) is 2.41. The Kier molecular flexibility index (Phi) is 4.29. The van der Waals surface area contributed by atoms with E-state index in [-0.39, 0.29) is 19.0 Å². The molecule has 0 spiro atoms. The van der Waals surface area contributed by atoms with Crippen molar-refractivity contribution < 1.29 is 27.1 Å². The van der Waals surface area contributed by atoms with E-state index in [9.17, 15) is 22.0 Å². The predicted octanol–water partition coefficient (Wildman–Crippen LogP) is 2.08. The van der Waals surface area contributed by atoms with Crippen LogP contribution in [0.4, 0.5) is 8.78 Å². The fourth-order valence-corrected chi connectivity index (χ4v) is 4.08. The van der Waals surface area contributed by atoms with Crippen molar-refractivity contribution in [2.45, 2.75) is 24.7 Å². The van der Waals surface area contributed by atoms with Gasteiger partial charge in [-0.05, 0) is 30.9 Å². The molecule has 1 aromatic carbocycles. The quantitative estimate of drug-likeness (QED) is 0.925. The third-order valence-corrected chi connectivity index (χ3v) is 5.34. The van der Waals surface area contributed by atoms with E-state index in [1.165, 1.54) is 0 Å². The first kappa shape index (κ1) is 15.8. The standard InChI is InChI=1S/C13H15F2NO4S/c1-8-3-2-4-16(7-8)21(19,20)11-6-9(13(17)18)5-10(14)12(11)15/h5-6,8H,2-4,7H2,1H3,(H,17,18). The first-order chi connectivity index (χ1) is 9.73. The van der Waals surface area contributed by atoms with Crippen LogP contribution < -0.4 is 0 Å². The van der Waals surface area contributed by atoms with Gasteiger partial charge in [0.05, 0.1) is 5.56 Å². The number of carbonyl (C=O) groups is 1. The van der Waals surface area contributed by atoms with Crippen LogP contribution in [0.5, 0.6) is 0 Å². The molecule has 0 aromatic heterocycles. The number of nitrogens with zero attached hydrogens (tertiary/aromatic N) is 1. The van der Waals surface area contributed by atoms with Gasteiger partial charge < -0.3 is 5.11 Å². The number of carboxylic acid groups (broad SMARTS) is 1. The maximum absolute atomic E-state index is 13.8. The fourth-order valence-electron chi connectivity index (χ4n) is 2.38.